The summed E-state index contributed by atoms with van der Waals surface area (Å²) in [4.78, 5) is 39.3. The third kappa shape index (κ3) is 3.27. The molecule has 1 atom stereocenters. The van der Waals surface area contributed by atoms with Gasteiger partial charge in [-0.1, -0.05) is 0 Å². The maximum absolute atomic E-state index is 12.6. The molecule has 3 heterocycles. The minimum atomic E-state index is -0.978. The fraction of sp³-hybridized carbons (Fsp3) is 0.611. The first-order valence-electron chi connectivity index (χ1n) is 8.69. The van der Waals surface area contributed by atoms with Crippen molar-refractivity contribution in [2.45, 2.75) is 45.6 Å². The van der Waals surface area contributed by atoms with Gasteiger partial charge in [-0.25, -0.2) is 4.79 Å². The van der Waals surface area contributed by atoms with Gasteiger partial charge in [0.25, 0.3) is 5.91 Å². The van der Waals surface area contributed by atoms with Crippen molar-refractivity contribution in [2.75, 3.05) is 19.6 Å². The molecule has 0 aliphatic carbocycles. The number of piperidine rings is 2. The number of aryl methyl sites for hydroxylation is 1. The average Bonchev–Trinajstić information content (AvgIpc) is 3.02. The maximum atomic E-state index is 12.6. The highest BCUT2D eigenvalue weighted by molar-refractivity contribution is 5.95. The van der Waals surface area contributed by atoms with Crippen LogP contribution in [0.5, 0.6) is 0 Å². The summed E-state index contributed by atoms with van der Waals surface area (Å²) < 4.78 is 5.21. The summed E-state index contributed by atoms with van der Waals surface area (Å²) >= 11 is 0. The van der Waals surface area contributed by atoms with Gasteiger partial charge in [0.2, 0.25) is 5.91 Å². The molecule has 2 aliphatic rings. The predicted octanol–water partition coefficient (Wildman–Crippen LogP) is 1.91. The molecule has 2 aliphatic heterocycles. The summed E-state index contributed by atoms with van der Waals surface area (Å²) in [5.41, 5.74) is 0.510. The molecule has 2 amide bonds. The normalized spacial score (nSPS) is 21.4. The quantitative estimate of drug-likeness (QED) is 0.901. The molecule has 1 unspecified atom stereocenters. The second-order valence-electron chi connectivity index (χ2n) is 7.22. The lowest BCUT2D eigenvalue weighted by Crippen LogP contribution is -2.55. The summed E-state index contributed by atoms with van der Waals surface area (Å²) in [7, 11) is 0. The third-order valence-corrected chi connectivity index (χ3v) is 5.72. The molecule has 0 radical (unpaired) electrons. The Bertz CT molecular complexity index is 687. The molecule has 7 heteroatoms. The second kappa shape index (κ2) is 6.54. The number of carboxylic acids is 1. The van der Waals surface area contributed by atoms with E-state index in [1.54, 1.807) is 19.9 Å². The Balaban J connectivity index is 1.66. The Hall–Kier alpha value is -2.31. The van der Waals surface area contributed by atoms with Gasteiger partial charge in [-0.2, -0.15) is 0 Å². The van der Waals surface area contributed by atoms with Gasteiger partial charge in [-0.3, -0.25) is 9.59 Å². The molecule has 1 aromatic rings. The van der Waals surface area contributed by atoms with Crippen LogP contribution in [0.4, 0.5) is 0 Å². The summed E-state index contributed by atoms with van der Waals surface area (Å²) in [6.45, 7) is 5.03. The zero-order valence-electron chi connectivity index (χ0n) is 14.7. The van der Waals surface area contributed by atoms with Crippen LogP contribution in [0, 0.1) is 12.3 Å². The first kappa shape index (κ1) is 17.5. The average molecular weight is 348 g/mol. The number of aliphatic carboxylic acids is 1. The van der Waals surface area contributed by atoms with Gasteiger partial charge < -0.3 is 19.3 Å². The molecule has 7 nitrogen and oxygen atoms in total. The van der Waals surface area contributed by atoms with Crippen molar-refractivity contribution in [1.29, 1.82) is 0 Å². The van der Waals surface area contributed by atoms with E-state index in [9.17, 15) is 19.5 Å². The molecule has 1 aromatic heterocycles. The van der Waals surface area contributed by atoms with Gasteiger partial charge in [0.15, 0.2) is 0 Å². The molecule has 1 N–H and O–H groups in total. The highest BCUT2D eigenvalue weighted by atomic mass is 16.4. The second-order valence-corrected chi connectivity index (χ2v) is 7.22. The third-order valence-electron chi connectivity index (χ3n) is 5.72. The van der Waals surface area contributed by atoms with E-state index in [1.807, 2.05) is 4.90 Å². The van der Waals surface area contributed by atoms with Gasteiger partial charge in [-0.15, -0.1) is 0 Å². The van der Waals surface area contributed by atoms with E-state index in [-0.39, 0.29) is 17.2 Å². The molecule has 0 aromatic carbocycles. The van der Waals surface area contributed by atoms with Crippen LogP contribution in [-0.4, -0.2) is 58.4 Å². The Labute approximate surface area is 146 Å². The van der Waals surface area contributed by atoms with Crippen LogP contribution in [0.15, 0.2) is 16.7 Å². The SMILES string of the molecule is Cc1occc1C(=O)N1CCC2(CCC(=O)N(C(C)C(=O)O)C2)CC1. The molecule has 2 saturated heterocycles. The number of likely N-dealkylation sites (tertiary alicyclic amines) is 2. The van der Waals surface area contributed by atoms with Gasteiger partial charge in [-0.05, 0) is 44.6 Å². The van der Waals surface area contributed by atoms with Crippen molar-refractivity contribution in [1.82, 2.24) is 9.80 Å². The molecule has 25 heavy (non-hydrogen) atoms. The molecule has 3 rings (SSSR count). The van der Waals surface area contributed by atoms with Gasteiger partial charge in [0.05, 0.1) is 11.8 Å². The number of nitrogens with zero attached hydrogens (tertiary/aromatic N) is 2. The Morgan fingerprint density at radius 2 is 1.96 bits per heavy atom. The molecule has 0 saturated carbocycles. The number of furan rings is 1. The Morgan fingerprint density at radius 3 is 2.52 bits per heavy atom. The maximum Gasteiger partial charge on any atom is 0.326 e. The fourth-order valence-electron chi connectivity index (χ4n) is 3.90. The van der Waals surface area contributed by atoms with Crippen molar-refractivity contribution in [3.8, 4) is 0 Å². The Kier molecular flexibility index (Phi) is 4.58. The molecule has 136 valence electrons. The number of carbonyl (C=O) groups excluding carboxylic acids is 2. The zero-order chi connectivity index (χ0) is 18.2. The van der Waals surface area contributed by atoms with Crippen LogP contribution in [0.25, 0.3) is 0 Å². The summed E-state index contributed by atoms with van der Waals surface area (Å²) in [5, 5.41) is 9.23. The monoisotopic (exact) mass is 348 g/mol. The van der Waals surface area contributed by atoms with E-state index in [4.69, 9.17) is 4.42 Å². The molecule has 2 fully saturated rings. The van der Waals surface area contributed by atoms with Gasteiger partial charge >= 0.3 is 5.97 Å². The first-order chi connectivity index (χ1) is 11.8. The minimum absolute atomic E-state index is 0.0243. The fourth-order valence-corrected chi connectivity index (χ4v) is 3.90. The molecule has 1 spiro atoms. The highest BCUT2D eigenvalue weighted by Crippen LogP contribution is 2.41. The van der Waals surface area contributed by atoms with Crippen LogP contribution in [-0.2, 0) is 9.59 Å². The van der Waals surface area contributed by atoms with E-state index in [2.05, 4.69) is 0 Å². The predicted molar refractivity (Wildman–Crippen MR) is 89.1 cm³/mol. The van der Waals surface area contributed by atoms with Crippen molar-refractivity contribution in [3.05, 3.63) is 23.7 Å². The number of rotatable bonds is 3. The van der Waals surface area contributed by atoms with E-state index < -0.39 is 12.0 Å². The lowest BCUT2D eigenvalue weighted by Gasteiger charge is -2.48. The smallest absolute Gasteiger partial charge is 0.326 e. The van der Waals surface area contributed by atoms with Crippen LogP contribution in [0.2, 0.25) is 0 Å². The molecule has 0 bridgehead atoms. The summed E-state index contributed by atoms with van der Waals surface area (Å²) in [5.74, 6) is -0.472. The first-order valence-corrected chi connectivity index (χ1v) is 8.69. The number of carbonyl (C=O) groups is 3. The highest BCUT2D eigenvalue weighted by Gasteiger charge is 2.44. The van der Waals surface area contributed by atoms with Crippen LogP contribution in [0.3, 0.4) is 0 Å². The topological polar surface area (TPSA) is 91.1 Å². The standard InChI is InChI=1S/C18H24N2O5/c1-12(17(23)24)20-11-18(5-3-15(20)21)6-8-19(9-7-18)16(22)14-4-10-25-13(14)2/h4,10,12H,3,5-9,11H2,1-2H3,(H,23,24). The van der Waals surface area contributed by atoms with E-state index in [0.717, 1.165) is 19.3 Å². The summed E-state index contributed by atoms with van der Waals surface area (Å²) in [6, 6.07) is 0.885. The van der Waals surface area contributed by atoms with Crippen LogP contribution in [0.1, 0.15) is 48.7 Å². The van der Waals surface area contributed by atoms with Gasteiger partial charge in [0, 0.05) is 26.1 Å². The van der Waals surface area contributed by atoms with E-state index in [0.29, 0.717) is 37.4 Å². The zero-order valence-corrected chi connectivity index (χ0v) is 14.7. The van der Waals surface area contributed by atoms with E-state index in [1.165, 1.54) is 11.2 Å². The lowest BCUT2D eigenvalue weighted by atomic mass is 9.72. The molecular formula is C18H24N2O5. The van der Waals surface area contributed by atoms with Gasteiger partial charge in [0.1, 0.15) is 11.8 Å². The van der Waals surface area contributed by atoms with Crippen LogP contribution >= 0.6 is 0 Å². The lowest BCUT2D eigenvalue weighted by molar-refractivity contribution is -0.154. The van der Waals surface area contributed by atoms with Crippen molar-refractivity contribution < 1.29 is 23.9 Å². The summed E-state index contributed by atoms with van der Waals surface area (Å²) in [6.07, 6.45) is 4.23. The number of hydrogen-bond acceptors (Lipinski definition) is 4. The minimum Gasteiger partial charge on any atom is -0.480 e. The van der Waals surface area contributed by atoms with Crippen LogP contribution < -0.4 is 0 Å². The Morgan fingerprint density at radius 1 is 1.28 bits per heavy atom. The largest absolute Gasteiger partial charge is 0.480 e. The van der Waals surface area contributed by atoms with Crippen molar-refractivity contribution in [3.63, 3.8) is 0 Å². The van der Waals surface area contributed by atoms with Crippen molar-refractivity contribution >= 4 is 17.8 Å². The molecular weight excluding hydrogens is 324 g/mol. The number of carboxylic acid groups (broad SMARTS) is 1. The van der Waals surface area contributed by atoms with Crippen molar-refractivity contribution in [2.24, 2.45) is 5.41 Å². The van der Waals surface area contributed by atoms with E-state index >= 15 is 0 Å². The number of amides is 2. The number of hydrogen-bond donors (Lipinski definition) is 1.